The smallest absolute Gasteiger partial charge is 0.313 e. The minimum absolute atomic E-state index is 0.133. The lowest BCUT2D eigenvalue weighted by Gasteiger charge is -2.21. The Hall–Kier alpha value is -1.70. The van der Waals surface area contributed by atoms with Crippen LogP contribution >= 0.6 is 11.6 Å². The van der Waals surface area contributed by atoms with Crippen molar-refractivity contribution >= 4 is 29.1 Å². The quantitative estimate of drug-likeness (QED) is 0.814. The van der Waals surface area contributed by atoms with Gasteiger partial charge in [-0.3, -0.25) is 9.59 Å². The zero-order valence-electron chi connectivity index (χ0n) is 12.9. The van der Waals surface area contributed by atoms with Gasteiger partial charge in [0, 0.05) is 25.1 Å². The first-order valence-electron chi connectivity index (χ1n) is 7.83. The third-order valence-corrected chi connectivity index (χ3v) is 4.44. The minimum atomic E-state index is -0.854. The average Bonchev–Trinajstić information content (AvgIpc) is 3.19. The summed E-state index contributed by atoms with van der Waals surface area (Å²) in [6, 6.07) is 3.67. The Morgan fingerprint density at radius 3 is 2.75 bits per heavy atom. The molecule has 1 saturated carbocycles. The van der Waals surface area contributed by atoms with E-state index < -0.39 is 23.4 Å². The third kappa shape index (κ3) is 3.85. The molecule has 2 N–H and O–H groups in total. The number of carbonyl (C=O) groups excluding carboxylic acids is 2. The van der Waals surface area contributed by atoms with Crippen LogP contribution in [0.25, 0.3) is 0 Å². The molecule has 0 bridgehead atoms. The predicted octanol–water partition coefficient (Wildman–Crippen LogP) is 2.22. The summed E-state index contributed by atoms with van der Waals surface area (Å²) in [7, 11) is 0. The van der Waals surface area contributed by atoms with Gasteiger partial charge in [0.15, 0.2) is 5.79 Å². The first-order chi connectivity index (χ1) is 11.5. The molecule has 1 spiro atoms. The highest BCUT2D eigenvalue weighted by Crippen LogP contribution is 2.38. The van der Waals surface area contributed by atoms with Crippen LogP contribution in [-0.4, -0.2) is 36.9 Å². The molecule has 2 amide bonds. The van der Waals surface area contributed by atoms with Crippen LogP contribution in [-0.2, 0) is 19.1 Å². The van der Waals surface area contributed by atoms with E-state index in [9.17, 15) is 14.0 Å². The number of benzene rings is 1. The van der Waals surface area contributed by atoms with Crippen molar-refractivity contribution in [2.24, 2.45) is 0 Å². The fourth-order valence-electron chi connectivity index (χ4n) is 2.94. The monoisotopic (exact) mass is 356 g/mol. The normalized spacial score (nSPS) is 21.8. The van der Waals surface area contributed by atoms with Gasteiger partial charge in [0.25, 0.3) is 0 Å². The summed E-state index contributed by atoms with van der Waals surface area (Å²) in [6.45, 7) is 0.591. The standard InChI is InChI=1S/C16H18ClFN2O4/c17-12-7-10(3-4-13(12)18)20-15(22)14(21)19-8-11-9-23-16(24-11)5-1-2-6-16/h3-4,7,11H,1-2,5-6,8-9H2,(H,19,21)(H,20,22). The number of rotatable bonds is 3. The SMILES string of the molecule is O=C(NCC1COC2(CCCC2)O1)C(=O)Nc1ccc(F)c(Cl)c1. The molecule has 130 valence electrons. The lowest BCUT2D eigenvalue weighted by atomic mass is 10.2. The second-order valence-corrected chi connectivity index (χ2v) is 6.37. The van der Waals surface area contributed by atoms with Gasteiger partial charge in [0.1, 0.15) is 11.9 Å². The lowest BCUT2D eigenvalue weighted by Crippen LogP contribution is -2.40. The third-order valence-electron chi connectivity index (χ3n) is 4.15. The molecule has 1 aliphatic heterocycles. The van der Waals surface area contributed by atoms with Crippen molar-refractivity contribution < 1.29 is 23.5 Å². The Morgan fingerprint density at radius 1 is 1.29 bits per heavy atom. The highest BCUT2D eigenvalue weighted by atomic mass is 35.5. The van der Waals surface area contributed by atoms with E-state index >= 15 is 0 Å². The van der Waals surface area contributed by atoms with Crippen LogP contribution in [0.5, 0.6) is 0 Å². The average molecular weight is 357 g/mol. The molecule has 0 aromatic heterocycles. The summed E-state index contributed by atoms with van der Waals surface area (Å²) >= 11 is 5.63. The predicted molar refractivity (Wildman–Crippen MR) is 85.1 cm³/mol. The van der Waals surface area contributed by atoms with Crippen LogP contribution < -0.4 is 10.6 Å². The number of nitrogens with one attached hydrogen (secondary N) is 2. The molecule has 1 saturated heterocycles. The van der Waals surface area contributed by atoms with Gasteiger partial charge in [-0.25, -0.2) is 4.39 Å². The lowest BCUT2D eigenvalue weighted by molar-refractivity contribution is -0.161. The highest BCUT2D eigenvalue weighted by molar-refractivity contribution is 6.39. The van der Waals surface area contributed by atoms with Crippen molar-refractivity contribution in [3.63, 3.8) is 0 Å². The maximum Gasteiger partial charge on any atom is 0.313 e. The molecule has 1 unspecified atom stereocenters. The molecule has 1 aromatic rings. The molecule has 1 aromatic carbocycles. The number of ether oxygens (including phenoxy) is 2. The van der Waals surface area contributed by atoms with Crippen LogP contribution in [0.3, 0.4) is 0 Å². The number of carbonyl (C=O) groups is 2. The number of hydrogen-bond donors (Lipinski definition) is 2. The minimum Gasteiger partial charge on any atom is -0.347 e. The maximum absolute atomic E-state index is 13.1. The summed E-state index contributed by atoms with van der Waals surface area (Å²) in [4.78, 5) is 23.7. The van der Waals surface area contributed by atoms with Crippen LogP contribution in [0.4, 0.5) is 10.1 Å². The van der Waals surface area contributed by atoms with Crippen molar-refractivity contribution in [2.75, 3.05) is 18.5 Å². The fraction of sp³-hybridized carbons (Fsp3) is 0.500. The highest BCUT2D eigenvalue weighted by Gasteiger charge is 2.43. The van der Waals surface area contributed by atoms with Gasteiger partial charge in [0.05, 0.1) is 11.6 Å². The number of halogens is 2. The van der Waals surface area contributed by atoms with Crippen molar-refractivity contribution in [1.82, 2.24) is 5.32 Å². The van der Waals surface area contributed by atoms with Gasteiger partial charge >= 0.3 is 11.8 Å². The van der Waals surface area contributed by atoms with E-state index in [1.807, 2.05) is 0 Å². The van der Waals surface area contributed by atoms with Crippen molar-refractivity contribution in [3.05, 3.63) is 29.0 Å². The largest absolute Gasteiger partial charge is 0.347 e. The zero-order chi connectivity index (χ0) is 17.2. The summed E-state index contributed by atoms with van der Waals surface area (Å²) in [6.07, 6.45) is 3.61. The Morgan fingerprint density at radius 2 is 2.04 bits per heavy atom. The van der Waals surface area contributed by atoms with Gasteiger partial charge in [-0.2, -0.15) is 0 Å². The summed E-state index contributed by atoms with van der Waals surface area (Å²) in [5.74, 6) is -2.75. The molecule has 3 rings (SSSR count). The molecule has 1 heterocycles. The Bertz CT molecular complexity index is 649. The second kappa shape index (κ2) is 7.04. The number of amides is 2. The molecule has 24 heavy (non-hydrogen) atoms. The molecule has 1 aliphatic carbocycles. The van der Waals surface area contributed by atoms with Gasteiger partial charge in [0.2, 0.25) is 0 Å². The summed E-state index contributed by atoms with van der Waals surface area (Å²) in [5, 5.41) is 4.74. The van der Waals surface area contributed by atoms with Gasteiger partial charge in [-0.15, -0.1) is 0 Å². The van der Waals surface area contributed by atoms with Gasteiger partial charge in [-0.1, -0.05) is 11.6 Å². The van der Waals surface area contributed by atoms with Crippen LogP contribution in [0, 0.1) is 5.82 Å². The van der Waals surface area contributed by atoms with E-state index in [1.165, 1.54) is 12.1 Å². The first kappa shape index (κ1) is 17.1. The molecule has 2 aliphatic rings. The Labute approximate surface area is 143 Å². The first-order valence-corrected chi connectivity index (χ1v) is 8.21. The van der Waals surface area contributed by atoms with Crippen molar-refractivity contribution in [1.29, 1.82) is 0 Å². The molecule has 6 nitrogen and oxygen atoms in total. The van der Waals surface area contributed by atoms with E-state index in [1.54, 1.807) is 0 Å². The Balaban J connectivity index is 1.46. The van der Waals surface area contributed by atoms with E-state index in [0.29, 0.717) is 6.61 Å². The molecular weight excluding hydrogens is 339 g/mol. The van der Waals surface area contributed by atoms with Gasteiger partial charge < -0.3 is 20.1 Å². The number of hydrogen-bond acceptors (Lipinski definition) is 4. The van der Waals surface area contributed by atoms with Crippen LogP contribution in [0.15, 0.2) is 18.2 Å². The van der Waals surface area contributed by atoms with Gasteiger partial charge in [-0.05, 0) is 31.0 Å². The van der Waals surface area contributed by atoms with Crippen molar-refractivity contribution in [3.8, 4) is 0 Å². The zero-order valence-corrected chi connectivity index (χ0v) is 13.7. The summed E-state index contributed by atoms with van der Waals surface area (Å²) in [5.41, 5.74) is 0.243. The molecule has 1 atom stereocenters. The molecule has 8 heteroatoms. The van der Waals surface area contributed by atoms with Crippen LogP contribution in [0.1, 0.15) is 25.7 Å². The van der Waals surface area contributed by atoms with E-state index in [-0.39, 0.29) is 23.4 Å². The maximum atomic E-state index is 13.1. The fourth-order valence-corrected chi connectivity index (χ4v) is 3.12. The summed E-state index contributed by atoms with van der Waals surface area (Å²) < 4.78 is 24.6. The van der Waals surface area contributed by atoms with E-state index in [2.05, 4.69) is 10.6 Å². The molecule has 0 radical (unpaired) electrons. The van der Waals surface area contributed by atoms with E-state index in [0.717, 1.165) is 31.7 Å². The molecular formula is C16H18ClFN2O4. The Kier molecular flexibility index (Phi) is 5.03. The van der Waals surface area contributed by atoms with Crippen molar-refractivity contribution in [2.45, 2.75) is 37.6 Å². The second-order valence-electron chi connectivity index (χ2n) is 5.96. The number of anilines is 1. The molecule has 2 fully saturated rings. The van der Waals surface area contributed by atoms with E-state index in [4.69, 9.17) is 21.1 Å². The topological polar surface area (TPSA) is 76.7 Å². The van der Waals surface area contributed by atoms with Crippen LogP contribution in [0.2, 0.25) is 5.02 Å².